The van der Waals surface area contributed by atoms with Crippen LogP contribution in [-0.2, 0) is 9.53 Å². The number of carbonyl (C=O) groups excluding carboxylic acids is 2. The highest BCUT2D eigenvalue weighted by atomic mass is 16.5. The minimum atomic E-state index is -0.979. The van der Waals surface area contributed by atoms with E-state index < -0.39 is 18.0 Å². The normalized spacial score (nSPS) is 11.2. The highest BCUT2D eigenvalue weighted by molar-refractivity contribution is 5.98. The molecule has 148 valence electrons. The molecule has 0 radical (unpaired) electrons. The zero-order valence-corrected chi connectivity index (χ0v) is 16.1. The van der Waals surface area contributed by atoms with Crippen LogP contribution >= 0.6 is 0 Å². The van der Waals surface area contributed by atoms with Crippen LogP contribution in [0.2, 0.25) is 0 Å². The Bertz CT molecular complexity index is 970. The van der Waals surface area contributed by atoms with Gasteiger partial charge in [-0.15, -0.1) is 0 Å². The van der Waals surface area contributed by atoms with Crippen molar-refractivity contribution >= 4 is 17.6 Å². The summed E-state index contributed by atoms with van der Waals surface area (Å²) >= 11 is 0. The number of nitrogens with one attached hydrogen (secondary N) is 1. The van der Waals surface area contributed by atoms with E-state index in [1.165, 1.54) is 14.0 Å². The van der Waals surface area contributed by atoms with E-state index in [9.17, 15) is 9.59 Å². The molecular weight excluding hydrogens is 370 g/mol. The predicted octanol–water partition coefficient (Wildman–Crippen LogP) is 4.67. The molecule has 0 aromatic heterocycles. The quantitative estimate of drug-likeness (QED) is 0.593. The van der Waals surface area contributed by atoms with E-state index in [1.807, 2.05) is 30.3 Å². The molecule has 0 heterocycles. The van der Waals surface area contributed by atoms with Gasteiger partial charge in [0, 0.05) is 0 Å². The summed E-state index contributed by atoms with van der Waals surface area (Å²) in [6.07, 6.45) is -0.979. The minimum absolute atomic E-state index is 0.322. The van der Waals surface area contributed by atoms with Crippen molar-refractivity contribution in [2.45, 2.75) is 13.0 Å². The van der Waals surface area contributed by atoms with Crippen molar-refractivity contribution in [3.8, 4) is 17.2 Å². The molecule has 1 N–H and O–H groups in total. The Hall–Kier alpha value is -3.80. The maximum Gasteiger partial charge on any atom is 0.338 e. The van der Waals surface area contributed by atoms with Crippen molar-refractivity contribution in [1.82, 2.24) is 0 Å². The van der Waals surface area contributed by atoms with Crippen molar-refractivity contribution in [2.24, 2.45) is 0 Å². The van der Waals surface area contributed by atoms with E-state index in [4.69, 9.17) is 14.2 Å². The van der Waals surface area contributed by atoms with Gasteiger partial charge in [0.2, 0.25) is 0 Å². The lowest BCUT2D eigenvalue weighted by Crippen LogP contribution is -2.30. The zero-order valence-electron chi connectivity index (χ0n) is 16.1. The first-order valence-electron chi connectivity index (χ1n) is 9.04. The highest BCUT2D eigenvalue weighted by Gasteiger charge is 2.20. The van der Waals surface area contributed by atoms with Gasteiger partial charge >= 0.3 is 5.97 Å². The summed E-state index contributed by atoms with van der Waals surface area (Å²) in [6.45, 7) is 1.51. The first-order valence-corrected chi connectivity index (χ1v) is 9.04. The molecular formula is C23H21NO5. The van der Waals surface area contributed by atoms with E-state index in [1.54, 1.807) is 48.5 Å². The number of hydrogen-bond acceptors (Lipinski definition) is 5. The maximum atomic E-state index is 12.3. The van der Waals surface area contributed by atoms with E-state index in [-0.39, 0.29) is 0 Å². The van der Waals surface area contributed by atoms with Crippen LogP contribution in [-0.4, -0.2) is 25.1 Å². The van der Waals surface area contributed by atoms with E-state index >= 15 is 0 Å². The number of amides is 1. The predicted molar refractivity (Wildman–Crippen MR) is 109 cm³/mol. The van der Waals surface area contributed by atoms with Crippen LogP contribution in [0.5, 0.6) is 17.2 Å². The summed E-state index contributed by atoms with van der Waals surface area (Å²) in [5.74, 6) is 0.762. The fraction of sp³-hybridized carbons (Fsp3) is 0.130. The number of benzene rings is 3. The molecule has 0 saturated heterocycles. The second-order valence-corrected chi connectivity index (χ2v) is 6.18. The van der Waals surface area contributed by atoms with Gasteiger partial charge in [-0.3, -0.25) is 4.79 Å². The number of anilines is 1. The first-order chi connectivity index (χ1) is 14.1. The standard InChI is InChI=1S/C23H21NO5/c1-16(22(25)24-20-10-6-7-11-21(20)27-2)28-23(26)17-12-14-19(15-13-17)29-18-8-4-3-5-9-18/h3-16H,1-2H3,(H,24,25)/t16-/m1/s1. The summed E-state index contributed by atoms with van der Waals surface area (Å²) in [5.41, 5.74) is 0.827. The SMILES string of the molecule is COc1ccccc1NC(=O)[C@@H](C)OC(=O)c1ccc(Oc2ccccc2)cc1. The Morgan fingerprint density at radius 1 is 0.828 bits per heavy atom. The number of rotatable bonds is 7. The zero-order chi connectivity index (χ0) is 20.6. The molecule has 6 heteroatoms. The second-order valence-electron chi connectivity index (χ2n) is 6.18. The molecule has 0 spiro atoms. The summed E-state index contributed by atoms with van der Waals surface area (Å²) in [6, 6.07) is 22.8. The Kier molecular flexibility index (Phi) is 6.47. The van der Waals surface area contributed by atoms with Crippen molar-refractivity contribution in [3.05, 3.63) is 84.4 Å². The molecule has 0 unspecified atom stereocenters. The van der Waals surface area contributed by atoms with Crippen molar-refractivity contribution in [1.29, 1.82) is 0 Å². The van der Waals surface area contributed by atoms with Crippen molar-refractivity contribution < 1.29 is 23.8 Å². The average Bonchev–Trinajstić information content (AvgIpc) is 2.75. The number of hydrogen-bond donors (Lipinski definition) is 1. The molecule has 29 heavy (non-hydrogen) atoms. The second kappa shape index (κ2) is 9.41. The summed E-state index contributed by atoms with van der Waals surface area (Å²) in [5, 5.41) is 2.69. The molecule has 3 aromatic rings. The summed E-state index contributed by atoms with van der Waals surface area (Å²) in [7, 11) is 1.51. The monoisotopic (exact) mass is 391 g/mol. The van der Waals surface area contributed by atoms with Crippen LogP contribution in [0.4, 0.5) is 5.69 Å². The number of esters is 1. The van der Waals surface area contributed by atoms with Gasteiger partial charge in [-0.05, 0) is 55.5 Å². The number of carbonyl (C=O) groups is 2. The topological polar surface area (TPSA) is 73.9 Å². The van der Waals surface area contributed by atoms with Gasteiger partial charge < -0.3 is 19.5 Å². The molecule has 3 aromatic carbocycles. The molecule has 1 amide bonds. The lowest BCUT2D eigenvalue weighted by atomic mass is 10.2. The number of para-hydroxylation sites is 3. The van der Waals surface area contributed by atoms with Gasteiger partial charge in [0.15, 0.2) is 6.10 Å². The Morgan fingerprint density at radius 2 is 1.45 bits per heavy atom. The Balaban J connectivity index is 1.58. The summed E-state index contributed by atoms with van der Waals surface area (Å²) in [4.78, 5) is 24.7. The van der Waals surface area contributed by atoms with Gasteiger partial charge in [-0.1, -0.05) is 30.3 Å². The van der Waals surface area contributed by atoms with E-state index in [2.05, 4.69) is 5.32 Å². The van der Waals surface area contributed by atoms with Gasteiger partial charge in [-0.25, -0.2) is 4.79 Å². The highest BCUT2D eigenvalue weighted by Crippen LogP contribution is 2.24. The van der Waals surface area contributed by atoms with Gasteiger partial charge in [0.1, 0.15) is 17.2 Å². The van der Waals surface area contributed by atoms with Gasteiger partial charge in [0.05, 0.1) is 18.4 Å². The average molecular weight is 391 g/mol. The van der Waals surface area contributed by atoms with Crippen LogP contribution in [0.3, 0.4) is 0 Å². The van der Waals surface area contributed by atoms with Gasteiger partial charge in [0.25, 0.3) is 5.91 Å². The summed E-state index contributed by atoms with van der Waals surface area (Å²) < 4.78 is 16.2. The van der Waals surface area contributed by atoms with Crippen molar-refractivity contribution in [3.63, 3.8) is 0 Å². The third kappa shape index (κ3) is 5.35. The fourth-order valence-corrected chi connectivity index (χ4v) is 2.55. The van der Waals surface area contributed by atoms with Crippen LogP contribution in [0, 0.1) is 0 Å². The molecule has 1 atom stereocenters. The Labute approximate surface area is 169 Å². The first kappa shape index (κ1) is 19.9. The fourth-order valence-electron chi connectivity index (χ4n) is 2.55. The molecule has 3 rings (SSSR count). The lowest BCUT2D eigenvalue weighted by Gasteiger charge is -2.15. The molecule has 0 fully saturated rings. The van der Waals surface area contributed by atoms with E-state index in [0.717, 1.165) is 0 Å². The van der Waals surface area contributed by atoms with Gasteiger partial charge in [-0.2, -0.15) is 0 Å². The van der Waals surface area contributed by atoms with Crippen LogP contribution < -0.4 is 14.8 Å². The third-order valence-electron chi connectivity index (χ3n) is 4.09. The number of methoxy groups -OCH3 is 1. The molecule has 0 aliphatic rings. The molecule has 6 nitrogen and oxygen atoms in total. The maximum absolute atomic E-state index is 12.3. The molecule has 0 aliphatic carbocycles. The van der Waals surface area contributed by atoms with E-state index in [0.29, 0.717) is 28.5 Å². The van der Waals surface area contributed by atoms with Crippen LogP contribution in [0.25, 0.3) is 0 Å². The van der Waals surface area contributed by atoms with Crippen LogP contribution in [0.15, 0.2) is 78.9 Å². The molecule has 0 aliphatic heterocycles. The largest absolute Gasteiger partial charge is 0.495 e. The third-order valence-corrected chi connectivity index (χ3v) is 4.09. The molecule has 0 bridgehead atoms. The lowest BCUT2D eigenvalue weighted by molar-refractivity contribution is -0.123. The minimum Gasteiger partial charge on any atom is -0.495 e. The van der Waals surface area contributed by atoms with Crippen molar-refractivity contribution in [2.75, 3.05) is 12.4 Å². The smallest absolute Gasteiger partial charge is 0.338 e. The number of ether oxygens (including phenoxy) is 3. The van der Waals surface area contributed by atoms with Crippen LogP contribution in [0.1, 0.15) is 17.3 Å². The molecule has 0 saturated carbocycles. The Morgan fingerprint density at radius 3 is 2.14 bits per heavy atom.